The average molecular weight is 390 g/mol. The molecular weight excluding hydrogens is 364 g/mol. The van der Waals surface area contributed by atoms with E-state index in [2.05, 4.69) is 28.1 Å². The van der Waals surface area contributed by atoms with E-state index < -0.39 is 0 Å². The van der Waals surface area contributed by atoms with Gasteiger partial charge in [0.1, 0.15) is 11.4 Å². The number of aromatic nitrogens is 2. The summed E-state index contributed by atoms with van der Waals surface area (Å²) in [5.74, 6) is 1.29. The van der Waals surface area contributed by atoms with E-state index in [1.165, 1.54) is 18.4 Å². The summed E-state index contributed by atoms with van der Waals surface area (Å²) in [6.07, 6.45) is 10.8. The fraction of sp³-hybridized carbons (Fsp3) is 0.522. The summed E-state index contributed by atoms with van der Waals surface area (Å²) in [5, 5.41) is 0. The standard InChI is InChI=1S/C23H26N4O2/c28-21(27-12-8-23(16-27)19-5-9-24-13-17(19)15-29-23)22(6-7-22)18-3-4-20(25-14-18)26-10-1-2-11-26/h3-5,9,13-14H,1-2,6-8,10-12,15-16H2/t23-/m0/s1. The van der Waals surface area contributed by atoms with Crippen LogP contribution in [0.25, 0.3) is 0 Å². The summed E-state index contributed by atoms with van der Waals surface area (Å²) in [4.78, 5) is 26.8. The van der Waals surface area contributed by atoms with Crippen molar-refractivity contribution in [3.63, 3.8) is 0 Å². The maximum absolute atomic E-state index is 13.5. The topological polar surface area (TPSA) is 58.6 Å². The second-order valence-corrected chi connectivity index (χ2v) is 8.97. The summed E-state index contributed by atoms with van der Waals surface area (Å²) in [6, 6.07) is 6.29. The van der Waals surface area contributed by atoms with E-state index in [1.807, 2.05) is 23.5 Å². The van der Waals surface area contributed by atoms with Crippen LogP contribution < -0.4 is 4.90 Å². The number of likely N-dealkylation sites (tertiary alicyclic amines) is 1. The van der Waals surface area contributed by atoms with Crippen molar-refractivity contribution in [2.24, 2.45) is 0 Å². The molecule has 0 aromatic carbocycles. The lowest BCUT2D eigenvalue weighted by atomic mass is 9.92. The first-order chi connectivity index (χ1) is 14.2. The molecule has 1 amide bonds. The van der Waals surface area contributed by atoms with Gasteiger partial charge in [0.05, 0.1) is 18.6 Å². The summed E-state index contributed by atoms with van der Waals surface area (Å²) in [7, 11) is 0. The van der Waals surface area contributed by atoms with E-state index in [-0.39, 0.29) is 16.9 Å². The molecule has 0 unspecified atom stereocenters. The monoisotopic (exact) mass is 390 g/mol. The zero-order chi connectivity index (χ0) is 19.5. The first kappa shape index (κ1) is 17.4. The quantitative estimate of drug-likeness (QED) is 0.807. The number of carbonyl (C=O) groups is 1. The molecule has 3 fully saturated rings. The largest absolute Gasteiger partial charge is 0.364 e. The molecule has 1 spiro atoms. The lowest BCUT2D eigenvalue weighted by molar-refractivity contribution is -0.134. The van der Waals surface area contributed by atoms with Gasteiger partial charge in [-0.3, -0.25) is 9.78 Å². The minimum Gasteiger partial charge on any atom is -0.364 e. The van der Waals surface area contributed by atoms with Crippen LogP contribution in [0.3, 0.4) is 0 Å². The highest BCUT2D eigenvalue weighted by Crippen LogP contribution is 2.52. The predicted molar refractivity (Wildman–Crippen MR) is 108 cm³/mol. The first-order valence-corrected chi connectivity index (χ1v) is 10.8. The Morgan fingerprint density at radius 1 is 1.03 bits per heavy atom. The van der Waals surface area contributed by atoms with Crippen LogP contribution in [-0.2, 0) is 27.2 Å². The molecule has 150 valence electrons. The summed E-state index contributed by atoms with van der Waals surface area (Å²) >= 11 is 0. The van der Waals surface area contributed by atoms with Crippen LogP contribution in [0, 0.1) is 0 Å². The molecule has 4 aliphatic rings. The highest BCUT2D eigenvalue weighted by Gasteiger charge is 2.56. The molecule has 1 atom stereocenters. The predicted octanol–water partition coefficient (Wildman–Crippen LogP) is 2.77. The van der Waals surface area contributed by atoms with Gasteiger partial charge >= 0.3 is 0 Å². The molecule has 6 rings (SSSR count). The second-order valence-electron chi connectivity index (χ2n) is 8.97. The number of hydrogen-bond acceptors (Lipinski definition) is 5. The number of ether oxygens (including phenoxy) is 1. The minimum atomic E-state index is -0.373. The zero-order valence-corrected chi connectivity index (χ0v) is 16.6. The third-order valence-corrected chi connectivity index (χ3v) is 7.31. The van der Waals surface area contributed by atoms with E-state index in [9.17, 15) is 4.79 Å². The van der Waals surface area contributed by atoms with Crippen LogP contribution in [0.15, 0.2) is 36.8 Å². The van der Waals surface area contributed by atoms with Crippen molar-refractivity contribution in [1.29, 1.82) is 0 Å². The van der Waals surface area contributed by atoms with Gasteiger partial charge in [-0.25, -0.2) is 4.98 Å². The van der Waals surface area contributed by atoms with Gasteiger partial charge in [0.2, 0.25) is 5.91 Å². The van der Waals surface area contributed by atoms with Gasteiger partial charge in [0, 0.05) is 43.8 Å². The number of fused-ring (bicyclic) bond motifs is 2. The number of anilines is 1. The second kappa shape index (κ2) is 6.26. The first-order valence-electron chi connectivity index (χ1n) is 10.8. The van der Waals surface area contributed by atoms with E-state index in [0.29, 0.717) is 13.2 Å². The molecule has 5 heterocycles. The molecule has 3 aliphatic heterocycles. The summed E-state index contributed by atoms with van der Waals surface area (Å²) in [5.41, 5.74) is 2.72. The van der Waals surface area contributed by atoms with Crippen molar-refractivity contribution in [3.05, 3.63) is 53.5 Å². The maximum atomic E-state index is 13.5. The Balaban J connectivity index is 1.22. The molecule has 2 aromatic rings. The number of carbonyl (C=O) groups excluding carboxylic acids is 1. The lowest BCUT2D eigenvalue weighted by Gasteiger charge is -2.27. The van der Waals surface area contributed by atoms with Crippen LogP contribution in [0.4, 0.5) is 5.82 Å². The van der Waals surface area contributed by atoms with Crippen molar-refractivity contribution in [2.75, 3.05) is 31.1 Å². The van der Waals surface area contributed by atoms with Gasteiger partial charge in [0.15, 0.2) is 0 Å². The number of hydrogen-bond donors (Lipinski definition) is 0. The molecule has 1 aliphatic carbocycles. The molecule has 0 bridgehead atoms. The van der Waals surface area contributed by atoms with E-state index in [1.54, 1.807) is 0 Å². The fourth-order valence-corrected chi connectivity index (χ4v) is 5.43. The Bertz CT molecular complexity index is 950. The summed E-state index contributed by atoms with van der Waals surface area (Å²) < 4.78 is 6.21. The van der Waals surface area contributed by atoms with Gasteiger partial charge in [-0.2, -0.15) is 0 Å². The minimum absolute atomic E-state index is 0.246. The molecule has 1 saturated carbocycles. The van der Waals surface area contributed by atoms with Crippen molar-refractivity contribution >= 4 is 11.7 Å². The Kier molecular flexibility index (Phi) is 3.76. The summed E-state index contributed by atoms with van der Waals surface area (Å²) in [6.45, 7) is 4.16. The van der Waals surface area contributed by atoms with Crippen LogP contribution >= 0.6 is 0 Å². The van der Waals surface area contributed by atoms with Crippen molar-refractivity contribution < 1.29 is 9.53 Å². The van der Waals surface area contributed by atoms with E-state index >= 15 is 0 Å². The zero-order valence-electron chi connectivity index (χ0n) is 16.6. The van der Waals surface area contributed by atoms with Crippen LogP contribution in [0.1, 0.15) is 48.8 Å². The molecular formula is C23H26N4O2. The normalized spacial score (nSPS) is 26.9. The Morgan fingerprint density at radius 2 is 1.90 bits per heavy atom. The molecule has 6 heteroatoms. The Morgan fingerprint density at radius 3 is 2.66 bits per heavy atom. The van der Waals surface area contributed by atoms with Crippen LogP contribution in [0.2, 0.25) is 0 Å². The van der Waals surface area contributed by atoms with E-state index in [0.717, 1.165) is 55.8 Å². The molecule has 0 radical (unpaired) electrons. The number of rotatable bonds is 3. The SMILES string of the molecule is O=C(N1CC[C@@]2(C1)OCc1cnccc12)C1(c2ccc(N3CCCC3)nc2)CC1. The Hall–Kier alpha value is -2.47. The molecule has 0 N–H and O–H groups in total. The van der Waals surface area contributed by atoms with Crippen molar-refractivity contribution in [3.8, 4) is 0 Å². The van der Waals surface area contributed by atoms with Crippen LogP contribution in [0.5, 0.6) is 0 Å². The highest BCUT2D eigenvalue weighted by atomic mass is 16.5. The maximum Gasteiger partial charge on any atom is 0.233 e. The molecule has 29 heavy (non-hydrogen) atoms. The highest BCUT2D eigenvalue weighted by molar-refractivity contribution is 5.91. The van der Waals surface area contributed by atoms with Gasteiger partial charge in [-0.05, 0) is 55.4 Å². The smallest absolute Gasteiger partial charge is 0.233 e. The lowest BCUT2D eigenvalue weighted by Crippen LogP contribution is -2.40. The van der Waals surface area contributed by atoms with Crippen LogP contribution in [-0.4, -0.2) is 47.0 Å². The van der Waals surface area contributed by atoms with Gasteiger partial charge in [0.25, 0.3) is 0 Å². The third kappa shape index (κ3) is 2.61. The van der Waals surface area contributed by atoms with Crippen molar-refractivity contribution in [1.82, 2.24) is 14.9 Å². The Labute approximate surface area is 170 Å². The van der Waals surface area contributed by atoms with E-state index in [4.69, 9.17) is 9.72 Å². The molecule has 6 nitrogen and oxygen atoms in total. The average Bonchev–Trinajstić information content (AvgIpc) is 3.13. The third-order valence-electron chi connectivity index (χ3n) is 7.31. The number of nitrogens with zero attached hydrogens (tertiary/aromatic N) is 4. The molecule has 2 saturated heterocycles. The fourth-order valence-electron chi connectivity index (χ4n) is 5.43. The van der Waals surface area contributed by atoms with Gasteiger partial charge in [-0.1, -0.05) is 6.07 Å². The number of amides is 1. The number of pyridine rings is 2. The van der Waals surface area contributed by atoms with Gasteiger partial charge in [-0.15, -0.1) is 0 Å². The van der Waals surface area contributed by atoms with Crippen molar-refractivity contribution in [2.45, 2.75) is 49.7 Å². The molecule has 2 aromatic heterocycles. The van der Waals surface area contributed by atoms with Gasteiger partial charge < -0.3 is 14.5 Å².